The van der Waals surface area contributed by atoms with Crippen LogP contribution in [0.15, 0.2) is 0 Å². The maximum absolute atomic E-state index is 9.66. The van der Waals surface area contributed by atoms with Gasteiger partial charge in [-0.1, -0.05) is 97.3 Å². The monoisotopic (exact) mass is 387 g/mol. The van der Waals surface area contributed by atoms with Gasteiger partial charge in [0, 0.05) is 19.7 Å². The van der Waals surface area contributed by atoms with E-state index in [1.807, 2.05) is 0 Å². The fourth-order valence-corrected chi connectivity index (χ4v) is 3.45. The molecule has 0 aromatic carbocycles. The molecule has 0 aliphatic heterocycles. The number of unbranched alkanes of at least 4 members (excludes halogenated alkanes) is 10. The Labute approximate surface area is 169 Å². The zero-order valence-electron chi connectivity index (χ0n) is 18.4. The third kappa shape index (κ3) is 22.0. The molecular weight excluding hydrogens is 338 g/mol. The number of aliphatic hydroxyl groups is 2. The highest BCUT2D eigenvalue weighted by Gasteiger charge is 2.04. The smallest absolute Gasteiger partial charge is 0.0897 e. The molecule has 27 heavy (non-hydrogen) atoms. The summed E-state index contributed by atoms with van der Waals surface area (Å²) in [6.45, 7) is 6.93. The Kier molecular flexibility index (Phi) is 22.0. The molecule has 0 saturated heterocycles. The van der Waals surface area contributed by atoms with E-state index in [9.17, 15) is 5.11 Å². The molecule has 0 radical (unpaired) electrons. The molecule has 0 bridgehead atoms. The van der Waals surface area contributed by atoms with Crippen molar-refractivity contribution in [3.05, 3.63) is 0 Å². The largest absolute Gasteiger partial charge is 0.395 e. The van der Waals surface area contributed by atoms with Crippen LogP contribution in [0.5, 0.6) is 0 Å². The topological polar surface area (TPSA) is 61.7 Å². The lowest BCUT2D eigenvalue weighted by molar-refractivity contribution is 0.0350. The van der Waals surface area contributed by atoms with Gasteiger partial charge in [-0.25, -0.2) is 0 Å². The van der Waals surface area contributed by atoms with E-state index in [-0.39, 0.29) is 6.61 Å². The van der Waals surface area contributed by atoms with Crippen LogP contribution in [0.4, 0.5) is 0 Å². The van der Waals surface area contributed by atoms with Gasteiger partial charge in [0.2, 0.25) is 0 Å². The van der Waals surface area contributed by atoms with E-state index in [4.69, 9.17) is 9.84 Å². The van der Waals surface area contributed by atoms with Crippen molar-refractivity contribution in [2.24, 2.45) is 5.92 Å². The lowest BCUT2D eigenvalue weighted by Gasteiger charge is -2.12. The summed E-state index contributed by atoms with van der Waals surface area (Å²) in [5.41, 5.74) is 0. The predicted octanol–water partition coefficient (Wildman–Crippen LogP) is 5.06. The quantitative estimate of drug-likeness (QED) is 0.227. The normalized spacial score (nSPS) is 13.8. The Morgan fingerprint density at radius 1 is 0.815 bits per heavy atom. The van der Waals surface area contributed by atoms with E-state index >= 15 is 0 Å². The van der Waals surface area contributed by atoms with Crippen molar-refractivity contribution in [2.75, 3.05) is 32.9 Å². The minimum atomic E-state index is -0.478. The predicted molar refractivity (Wildman–Crippen MR) is 116 cm³/mol. The van der Waals surface area contributed by atoms with E-state index in [1.54, 1.807) is 0 Å². The summed E-state index contributed by atoms with van der Waals surface area (Å²) in [5.74, 6) is 0.878. The molecular formula is C23H49NO3. The second-order valence-corrected chi connectivity index (χ2v) is 8.23. The van der Waals surface area contributed by atoms with Crippen LogP contribution in [0.1, 0.15) is 104 Å². The molecule has 2 atom stereocenters. The molecule has 4 heteroatoms. The Balaban J connectivity index is 3.21. The first-order chi connectivity index (χ1) is 13.2. The van der Waals surface area contributed by atoms with Crippen molar-refractivity contribution in [1.82, 2.24) is 5.32 Å². The lowest BCUT2D eigenvalue weighted by Crippen LogP contribution is -2.32. The Morgan fingerprint density at radius 2 is 1.37 bits per heavy atom. The van der Waals surface area contributed by atoms with E-state index in [1.165, 1.54) is 83.5 Å². The summed E-state index contributed by atoms with van der Waals surface area (Å²) in [6.07, 6.45) is 18.6. The molecule has 0 heterocycles. The van der Waals surface area contributed by atoms with Gasteiger partial charge < -0.3 is 20.3 Å². The van der Waals surface area contributed by atoms with Crippen molar-refractivity contribution >= 4 is 0 Å². The van der Waals surface area contributed by atoms with Gasteiger partial charge in [0.25, 0.3) is 0 Å². The molecule has 0 amide bonds. The molecule has 0 aromatic rings. The summed E-state index contributed by atoms with van der Waals surface area (Å²) < 4.78 is 5.51. The summed E-state index contributed by atoms with van der Waals surface area (Å²) in [5, 5.41) is 21.3. The third-order valence-corrected chi connectivity index (χ3v) is 5.26. The zero-order valence-corrected chi connectivity index (χ0v) is 18.4. The number of nitrogens with one attached hydrogen (secondary N) is 1. The summed E-state index contributed by atoms with van der Waals surface area (Å²) in [4.78, 5) is 0. The van der Waals surface area contributed by atoms with Crippen molar-refractivity contribution in [1.29, 1.82) is 0 Å². The summed E-state index contributed by atoms with van der Waals surface area (Å²) in [6, 6.07) is 0. The van der Waals surface area contributed by atoms with Gasteiger partial charge in [-0.2, -0.15) is 0 Å². The molecule has 4 nitrogen and oxygen atoms in total. The number of aliphatic hydroxyl groups excluding tert-OH is 2. The number of ether oxygens (including phenoxy) is 1. The second kappa shape index (κ2) is 22.1. The summed E-state index contributed by atoms with van der Waals surface area (Å²) >= 11 is 0. The Bertz CT molecular complexity index is 276. The second-order valence-electron chi connectivity index (χ2n) is 8.23. The van der Waals surface area contributed by atoms with Crippen LogP contribution in [0.25, 0.3) is 0 Å². The first-order valence-corrected chi connectivity index (χ1v) is 11.8. The molecule has 0 saturated carbocycles. The Morgan fingerprint density at radius 3 is 1.96 bits per heavy atom. The van der Waals surface area contributed by atoms with Crippen LogP contribution >= 0.6 is 0 Å². The molecule has 0 rings (SSSR count). The van der Waals surface area contributed by atoms with Gasteiger partial charge in [-0.05, 0) is 12.3 Å². The molecule has 164 valence electrons. The van der Waals surface area contributed by atoms with E-state index in [2.05, 4.69) is 19.2 Å². The van der Waals surface area contributed by atoms with E-state index in [0.29, 0.717) is 19.7 Å². The molecule has 0 aliphatic carbocycles. The lowest BCUT2D eigenvalue weighted by atomic mass is 9.96. The van der Waals surface area contributed by atoms with Gasteiger partial charge in [0.05, 0.1) is 19.3 Å². The minimum absolute atomic E-state index is 0.102. The van der Waals surface area contributed by atoms with Crippen LogP contribution in [0, 0.1) is 5.92 Å². The molecule has 3 N–H and O–H groups in total. The van der Waals surface area contributed by atoms with E-state index < -0.39 is 6.10 Å². The van der Waals surface area contributed by atoms with Gasteiger partial charge in [-0.3, -0.25) is 0 Å². The van der Waals surface area contributed by atoms with Crippen molar-refractivity contribution < 1.29 is 14.9 Å². The highest BCUT2D eigenvalue weighted by atomic mass is 16.5. The molecule has 2 unspecified atom stereocenters. The first kappa shape index (κ1) is 26.8. The van der Waals surface area contributed by atoms with Gasteiger partial charge in [-0.15, -0.1) is 0 Å². The van der Waals surface area contributed by atoms with Crippen LogP contribution < -0.4 is 5.32 Å². The average Bonchev–Trinajstić information content (AvgIpc) is 2.66. The van der Waals surface area contributed by atoms with Crippen molar-refractivity contribution in [3.8, 4) is 0 Å². The maximum Gasteiger partial charge on any atom is 0.0897 e. The van der Waals surface area contributed by atoms with Crippen molar-refractivity contribution in [3.63, 3.8) is 0 Å². The highest BCUT2D eigenvalue weighted by Crippen LogP contribution is 2.18. The van der Waals surface area contributed by atoms with Crippen molar-refractivity contribution in [2.45, 2.75) is 110 Å². The molecule has 0 fully saturated rings. The molecule has 0 aliphatic rings. The van der Waals surface area contributed by atoms with Gasteiger partial charge in [0.15, 0.2) is 0 Å². The number of hydrogen-bond acceptors (Lipinski definition) is 4. The fraction of sp³-hybridized carbons (Fsp3) is 1.00. The minimum Gasteiger partial charge on any atom is -0.395 e. The first-order valence-electron chi connectivity index (χ1n) is 11.8. The molecule has 0 spiro atoms. The number of hydrogen-bond donors (Lipinski definition) is 3. The van der Waals surface area contributed by atoms with Crippen LogP contribution in [0.3, 0.4) is 0 Å². The standard InChI is InChI=1S/C23H49NO3/c1-3-4-5-6-7-8-9-12-15-22(2)16-13-10-11-14-19-27-21-23(26)20-24-17-18-25/h22-26H,3-21H2,1-2H3. The fourth-order valence-electron chi connectivity index (χ4n) is 3.45. The van der Waals surface area contributed by atoms with E-state index in [0.717, 1.165) is 18.9 Å². The highest BCUT2D eigenvalue weighted by molar-refractivity contribution is 4.58. The average molecular weight is 388 g/mol. The SMILES string of the molecule is CCCCCCCCCCC(C)CCCCCCOCC(O)CNCCO. The summed E-state index contributed by atoms with van der Waals surface area (Å²) in [7, 11) is 0. The number of rotatable bonds is 22. The maximum atomic E-state index is 9.66. The van der Waals surface area contributed by atoms with Gasteiger partial charge in [0.1, 0.15) is 0 Å². The third-order valence-electron chi connectivity index (χ3n) is 5.26. The molecule has 0 aromatic heterocycles. The van der Waals surface area contributed by atoms with Crippen LogP contribution in [0.2, 0.25) is 0 Å². The zero-order chi connectivity index (χ0) is 20.0. The van der Waals surface area contributed by atoms with Crippen LogP contribution in [-0.4, -0.2) is 49.2 Å². The van der Waals surface area contributed by atoms with Gasteiger partial charge >= 0.3 is 0 Å². The van der Waals surface area contributed by atoms with Crippen LogP contribution in [-0.2, 0) is 4.74 Å². The Hall–Kier alpha value is -0.160.